The van der Waals surface area contributed by atoms with Gasteiger partial charge in [0.15, 0.2) is 0 Å². The fourth-order valence-electron chi connectivity index (χ4n) is 1.75. The first-order valence-electron chi connectivity index (χ1n) is 6.43. The number of carbonyl (C=O) groups excluding carboxylic acids is 1. The summed E-state index contributed by atoms with van der Waals surface area (Å²) in [6.07, 6.45) is 2.22. The molecule has 0 radical (unpaired) electrons. The second-order valence-electron chi connectivity index (χ2n) is 4.86. The maximum atomic E-state index is 11.9. The fourth-order valence-corrected chi connectivity index (χ4v) is 3.48. The van der Waals surface area contributed by atoms with Crippen molar-refractivity contribution in [1.82, 2.24) is 5.32 Å². The highest BCUT2D eigenvalue weighted by atomic mass is 32.2. The lowest BCUT2D eigenvalue weighted by molar-refractivity contribution is 0.0697. The smallest absolute Gasteiger partial charge is 0.338 e. The average Bonchev–Trinajstić information content (AvgIpc) is 2.61. The van der Waals surface area contributed by atoms with E-state index in [-0.39, 0.29) is 11.6 Å². The minimum absolute atomic E-state index is 0.134. The number of hydrogen-bond donors (Lipinski definition) is 3. The highest BCUT2D eigenvalue weighted by Gasteiger charge is 2.20. The highest BCUT2D eigenvalue weighted by molar-refractivity contribution is 7.84. The molecule has 0 saturated carbocycles. The van der Waals surface area contributed by atoms with Crippen LogP contribution in [0.2, 0.25) is 0 Å². The third-order valence-corrected chi connectivity index (χ3v) is 4.98. The number of thiophene rings is 1. The minimum Gasteiger partial charge on any atom is -0.478 e. The van der Waals surface area contributed by atoms with Crippen LogP contribution in [0.15, 0.2) is 0 Å². The molecule has 21 heavy (non-hydrogen) atoms. The standard InChI is InChI=1S/C13H20N2O4S2/c1-7(5-6-21(4)19)14-13(18)15-11-10(12(16)17)8(2)9(3)20-11/h7H,5-6H2,1-4H3,(H,16,17)(H2,14,15,18). The molecule has 6 nitrogen and oxygen atoms in total. The Bertz CT molecular complexity index is 569. The van der Waals surface area contributed by atoms with E-state index in [1.54, 1.807) is 13.2 Å². The van der Waals surface area contributed by atoms with E-state index in [0.29, 0.717) is 22.7 Å². The molecule has 1 aromatic rings. The van der Waals surface area contributed by atoms with Crippen molar-refractivity contribution in [2.24, 2.45) is 0 Å². The fraction of sp³-hybridized carbons (Fsp3) is 0.538. The van der Waals surface area contributed by atoms with Crippen molar-refractivity contribution in [2.75, 3.05) is 17.3 Å². The molecule has 0 bridgehead atoms. The Kier molecular flexibility index (Phi) is 6.35. The Labute approximate surface area is 130 Å². The van der Waals surface area contributed by atoms with Crippen LogP contribution in [-0.4, -0.2) is 39.4 Å². The first kappa shape index (κ1) is 17.6. The van der Waals surface area contributed by atoms with Crippen LogP contribution in [0.1, 0.15) is 34.1 Å². The van der Waals surface area contributed by atoms with Gasteiger partial charge in [0, 0.05) is 33.7 Å². The lowest BCUT2D eigenvalue weighted by Gasteiger charge is -2.13. The summed E-state index contributed by atoms with van der Waals surface area (Å²) in [5.41, 5.74) is 0.798. The molecule has 118 valence electrons. The van der Waals surface area contributed by atoms with Gasteiger partial charge in [-0.2, -0.15) is 0 Å². The normalized spacial score (nSPS) is 13.5. The van der Waals surface area contributed by atoms with Crippen LogP contribution in [0.25, 0.3) is 0 Å². The third-order valence-electron chi connectivity index (χ3n) is 3.04. The van der Waals surface area contributed by atoms with Gasteiger partial charge in [-0.25, -0.2) is 9.59 Å². The number of urea groups is 1. The number of aromatic carboxylic acids is 1. The first-order valence-corrected chi connectivity index (χ1v) is 8.97. The van der Waals surface area contributed by atoms with Crippen LogP contribution in [0.3, 0.4) is 0 Å². The van der Waals surface area contributed by atoms with E-state index in [2.05, 4.69) is 10.6 Å². The zero-order valence-electron chi connectivity index (χ0n) is 12.5. The van der Waals surface area contributed by atoms with Crippen molar-refractivity contribution < 1.29 is 18.9 Å². The van der Waals surface area contributed by atoms with Crippen molar-refractivity contribution in [2.45, 2.75) is 33.2 Å². The summed E-state index contributed by atoms with van der Waals surface area (Å²) in [4.78, 5) is 24.0. The summed E-state index contributed by atoms with van der Waals surface area (Å²) < 4.78 is 11.0. The Morgan fingerprint density at radius 1 is 1.38 bits per heavy atom. The Balaban J connectivity index is 2.69. The monoisotopic (exact) mass is 332 g/mol. The molecular weight excluding hydrogens is 312 g/mol. The van der Waals surface area contributed by atoms with E-state index in [1.165, 1.54) is 11.3 Å². The Morgan fingerprint density at radius 2 is 2.00 bits per heavy atom. The molecule has 0 fully saturated rings. The van der Waals surface area contributed by atoms with Gasteiger partial charge in [0.2, 0.25) is 0 Å². The van der Waals surface area contributed by atoms with Crippen LogP contribution < -0.4 is 10.6 Å². The number of carbonyl (C=O) groups is 2. The molecule has 1 aromatic heterocycles. The van der Waals surface area contributed by atoms with Gasteiger partial charge in [-0.05, 0) is 32.8 Å². The van der Waals surface area contributed by atoms with Gasteiger partial charge in [0.1, 0.15) is 5.00 Å². The van der Waals surface area contributed by atoms with E-state index in [0.717, 1.165) is 4.88 Å². The Morgan fingerprint density at radius 3 is 2.52 bits per heavy atom. The minimum atomic E-state index is -1.05. The maximum Gasteiger partial charge on any atom is 0.338 e. The molecule has 0 aliphatic rings. The molecule has 3 N–H and O–H groups in total. The van der Waals surface area contributed by atoms with Crippen molar-refractivity contribution >= 4 is 39.1 Å². The molecular formula is C13H20N2O4S2. The molecule has 2 unspecified atom stereocenters. The predicted molar refractivity (Wildman–Crippen MR) is 85.9 cm³/mol. The summed E-state index contributed by atoms with van der Waals surface area (Å²) in [6, 6.07) is -0.586. The highest BCUT2D eigenvalue weighted by Crippen LogP contribution is 2.32. The zero-order valence-corrected chi connectivity index (χ0v) is 14.1. The molecule has 0 aromatic carbocycles. The first-order chi connectivity index (χ1) is 9.72. The van der Waals surface area contributed by atoms with E-state index < -0.39 is 22.8 Å². The van der Waals surface area contributed by atoms with Gasteiger partial charge >= 0.3 is 12.0 Å². The number of hydrogen-bond acceptors (Lipinski definition) is 4. The molecule has 0 aliphatic heterocycles. The lowest BCUT2D eigenvalue weighted by Crippen LogP contribution is -2.36. The molecule has 0 spiro atoms. The van der Waals surface area contributed by atoms with Crippen molar-refractivity contribution in [3.05, 3.63) is 16.0 Å². The number of aryl methyl sites for hydroxylation is 1. The lowest BCUT2D eigenvalue weighted by atomic mass is 10.1. The van der Waals surface area contributed by atoms with E-state index in [1.807, 2.05) is 13.8 Å². The van der Waals surface area contributed by atoms with Crippen LogP contribution in [0.5, 0.6) is 0 Å². The van der Waals surface area contributed by atoms with Gasteiger partial charge in [0.25, 0.3) is 0 Å². The van der Waals surface area contributed by atoms with E-state index in [4.69, 9.17) is 0 Å². The van der Waals surface area contributed by atoms with Crippen LogP contribution in [0.4, 0.5) is 9.80 Å². The topological polar surface area (TPSA) is 95.5 Å². The molecule has 0 saturated heterocycles. The number of nitrogens with one attached hydrogen (secondary N) is 2. The predicted octanol–water partition coefficient (Wildman–Crippen LogP) is 2.34. The summed E-state index contributed by atoms with van der Waals surface area (Å²) in [7, 11) is -0.896. The number of anilines is 1. The summed E-state index contributed by atoms with van der Waals surface area (Å²) >= 11 is 1.24. The van der Waals surface area contributed by atoms with Gasteiger partial charge in [0.05, 0.1) is 5.56 Å². The third kappa shape index (κ3) is 5.13. The summed E-state index contributed by atoms with van der Waals surface area (Å²) in [6.45, 7) is 5.35. The number of rotatable bonds is 6. The average molecular weight is 332 g/mol. The summed E-state index contributed by atoms with van der Waals surface area (Å²) in [5.74, 6) is -0.541. The zero-order chi connectivity index (χ0) is 16.2. The molecule has 0 aliphatic carbocycles. The van der Waals surface area contributed by atoms with Crippen molar-refractivity contribution in [3.8, 4) is 0 Å². The van der Waals surface area contributed by atoms with Crippen LogP contribution >= 0.6 is 11.3 Å². The largest absolute Gasteiger partial charge is 0.478 e. The van der Waals surface area contributed by atoms with Crippen molar-refractivity contribution in [3.63, 3.8) is 0 Å². The van der Waals surface area contributed by atoms with Gasteiger partial charge in [-0.3, -0.25) is 9.53 Å². The van der Waals surface area contributed by atoms with Crippen LogP contribution in [0, 0.1) is 13.8 Å². The molecule has 1 rings (SSSR count). The molecule has 8 heteroatoms. The van der Waals surface area contributed by atoms with Crippen LogP contribution in [-0.2, 0) is 10.8 Å². The quantitative estimate of drug-likeness (QED) is 0.745. The molecule has 1 heterocycles. The second kappa shape index (κ2) is 7.56. The van der Waals surface area contributed by atoms with Gasteiger partial charge in [-0.15, -0.1) is 11.3 Å². The number of amides is 2. The number of carboxylic acid groups (broad SMARTS) is 1. The summed E-state index contributed by atoms with van der Waals surface area (Å²) in [5, 5.41) is 14.8. The molecule has 2 amide bonds. The van der Waals surface area contributed by atoms with Crippen molar-refractivity contribution in [1.29, 1.82) is 0 Å². The molecule has 2 atom stereocenters. The Hall–Kier alpha value is -1.41. The maximum absolute atomic E-state index is 11.9. The number of carboxylic acids is 1. The second-order valence-corrected chi connectivity index (χ2v) is 7.64. The van der Waals surface area contributed by atoms with E-state index >= 15 is 0 Å². The SMILES string of the molecule is Cc1sc(NC(=O)NC(C)CCS(C)=O)c(C(=O)O)c1C. The van der Waals surface area contributed by atoms with Gasteiger partial charge < -0.3 is 10.4 Å². The van der Waals surface area contributed by atoms with Gasteiger partial charge in [-0.1, -0.05) is 0 Å². The van der Waals surface area contributed by atoms with E-state index in [9.17, 15) is 18.9 Å².